The zero-order chi connectivity index (χ0) is 16.2. The first kappa shape index (κ1) is 16.1. The third-order valence-electron chi connectivity index (χ3n) is 4.22. The molecular weight excluding hydrogens is 304 g/mol. The SMILES string of the molecule is CN(C)CCCc1cn(Cc2ccccc2Cl)c2ccccc12. The van der Waals surface area contributed by atoms with Gasteiger partial charge in [-0.2, -0.15) is 0 Å². The Bertz CT molecular complexity index is 789. The van der Waals surface area contributed by atoms with Crippen molar-refractivity contribution < 1.29 is 0 Å². The smallest absolute Gasteiger partial charge is 0.0491 e. The van der Waals surface area contributed by atoms with Gasteiger partial charge in [-0.15, -0.1) is 0 Å². The van der Waals surface area contributed by atoms with E-state index in [1.807, 2.05) is 18.2 Å². The number of benzene rings is 2. The standard InChI is InChI=1S/C20H23ClN2/c1-22(2)13-7-9-16-14-23(20-12-6-4-10-18(16)20)15-17-8-3-5-11-19(17)21/h3-6,8,10-12,14H,7,9,13,15H2,1-2H3. The summed E-state index contributed by atoms with van der Waals surface area (Å²) >= 11 is 6.33. The van der Waals surface area contributed by atoms with Crippen molar-refractivity contribution in [2.24, 2.45) is 0 Å². The fourth-order valence-electron chi connectivity index (χ4n) is 3.05. The minimum absolute atomic E-state index is 0.813. The van der Waals surface area contributed by atoms with Crippen molar-refractivity contribution in [1.82, 2.24) is 9.47 Å². The lowest BCUT2D eigenvalue weighted by atomic mass is 10.1. The van der Waals surface area contributed by atoms with Crippen molar-refractivity contribution in [1.29, 1.82) is 0 Å². The summed E-state index contributed by atoms with van der Waals surface area (Å²) in [5, 5.41) is 2.19. The van der Waals surface area contributed by atoms with Crippen molar-refractivity contribution in [2.45, 2.75) is 19.4 Å². The number of para-hydroxylation sites is 1. The van der Waals surface area contributed by atoms with Gasteiger partial charge in [0.2, 0.25) is 0 Å². The van der Waals surface area contributed by atoms with E-state index in [-0.39, 0.29) is 0 Å². The predicted molar refractivity (Wildman–Crippen MR) is 99.4 cm³/mol. The Labute approximate surface area is 143 Å². The van der Waals surface area contributed by atoms with Crippen LogP contribution in [-0.2, 0) is 13.0 Å². The van der Waals surface area contributed by atoms with Gasteiger partial charge in [-0.05, 0) is 56.7 Å². The third kappa shape index (κ3) is 3.77. The Morgan fingerprint density at radius 3 is 2.48 bits per heavy atom. The molecule has 0 aliphatic heterocycles. The van der Waals surface area contributed by atoms with Crippen LogP contribution in [0.4, 0.5) is 0 Å². The molecule has 3 heteroatoms. The van der Waals surface area contributed by atoms with E-state index < -0.39 is 0 Å². The Balaban J connectivity index is 1.90. The van der Waals surface area contributed by atoms with E-state index in [4.69, 9.17) is 11.6 Å². The van der Waals surface area contributed by atoms with E-state index in [1.165, 1.54) is 22.9 Å². The first-order chi connectivity index (χ1) is 11.1. The summed E-state index contributed by atoms with van der Waals surface area (Å²) in [4.78, 5) is 2.24. The van der Waals surface area contributed by atoms with Crippen molar-refractivity contribution in [3.8, 4) is 0 Å². The second-order valence-electron chi connectivity index (χ2n) is 6.30. The molecule has 1 aromatic heterocycles. The van der Waals surface area contributed by atoms with Gasteiger partial charge in [0.1, 0.15) is 0 Å². The first-order valence-corrected chi connectivity index (χ1v) is 8.48. The molecule has 3 aromatic rings. The quantitative estimate of drug-likeness (QED) is 0.629. The lowest BCUT2D eigenvalue weighted by molar-refractivity contribution is 0.400. The van der Waals surface area contributed by atoms with Crippen LogP contribution in [0.15, 0.2) is 54.7 Å². The van der Waals surface area contributed by atoms with E-state index in [2.05, 4.69) is 60.1 Å². The van der Waals surface area contributed by atoms with Crippen LogP contribution in [0.25, 0.3) is 10.9 Å². The average molecular weight is 327 g/mol. The number of halogens is 1. The molecule has 23 heavy (non-hydrogen) atoms. The van der Waals surface area contributed by atoms with Crippen LogP contribution in [0.2, 0.25) is 5.02 Å². The van der Waals surface area contributed by atoms with Crippen LogP contribution < -0.4 is 0 Å². The van der Waals surface area contributed by atoms with Crippen LogP contribution in [0, 0.1) is 0 Å². The Hall–Kier alpha value is -1.77. The highest BCUT2D eigenvalue weighted by molar-refractivity contribution is 6.31. The maximum absolute atomic E-state index is 6.33. The number of hydrogen-bond donors (Lipinski definition) is 0. The molecule has 0 bridgehead atoms. The minimum Gasteiger partial charge on any atom is -0.343 e. The summed E-state index contributed by atoms with van der Waals surface area (Å²) in [5.41, 5.74) is 3.87. The highest BCUT2D eigenvalue weighted by Crippen LogP contribution is 2.25. The Morgan fingerprint density at radius 1 is 0.957 bits per heavy atom. The number of aryl methyl sites for hydroxylation is 1. The molecule has 3 rings (SSSR count). The molecule has 0 fully saturated rings. The van der Waals surface area contributed by atoms with Crippen LogP contribution in [0.3, 0.4) is 0 Å². The largest absolute Gasteiger partial charge is 0.343 e. The van der Waals surface area contributed by atoms with Crippen molar-refractivity contribution >= 4 is 22.5 Å². The predicted octanol–water partition coefficient (Wildman–Crippen LogP) is 4.84. The molecular formula is C20H23ClN2. The summed E-state index contributed by atoms with van der Waals surface area (Å²) in [7, 11) is 4.25. The number of fused-ring (bicyclic) bond motifs is 1. The second kappa shape index (κ2) is 7.20. The zero-order valence-corrected chi connectivity index (χ0v) is 14.6. The molecule has 2 aromatic carbocycles. The van der Waals surface area contributed by atoms with Gasteiger partial charge in [0.05, 0.1) is 0 Å². The van der Waals surface area contributed by atoms with E-state index in [9.17, 15) is 0 Å². The van der Waals surface area contributed by atoms with Gasteiger partial charge in [0, 0.05) is 28.7 Å². The van der Waals surface area contributed by atoms with Crippen molar-refractivity contribution in [3.05, 3.63) is 70.9 Å². The summed E-state index contributed by atoms with van der Waals surface area (Å²) < 4.78 is 2.32. The van der Waals surface area contributed by atoms with Crippen LogP contribution in [-0.4, -0.2) is 30.1 Å². The van der Waals surface area contributed by atoms with Gasteiger partial charge >= 0.3 is 0 Å². The van der Waals surface area contributed by atoms with Crippen LogP contribution in [0.5, 0.6) is 0 Å². The number of rotatable bonds is 6. The fourth-order valence-corrected chi connectivity index (χ4v) is 3.24. The highest BCUT2D eigenvalue weighted by Gasteiger charge is 2.09. The van der Waals surface area contributed by atoms with E-state index >= 15 is 0 Å². The van der Waals surface area contributed by atoms with Gasteiger partial charge in [0.15, 0.2) is 0 Å². The second-order valence-corrected chi connectivity index (χ2v) is 6.70. The summed E-state index contributed by atoms with van der Waals surface area (Å²) in [6.45, 7) is 1.93. The van der Waals surface area contributed by atoms with Gasteiger partial charge in [0.25, 0.3) is 0 Å². The minimum atomic E-state index is 0.813. The molecule has 2 nitrogen and oxygen atoms in total. The number of hydrogen-bond acceptors (Lipinski definition) is 1. The van der Waals surface area contributed by atoms with Gasteiger partial charge in [-0.25, -0.2) is 0 Å². The first-order valence-electron chi connectivity index (χ1n) is 8.10. The third-order valence-corrected chi connectivity index (χ3v) is 4.59. The van der Waals surface area contributed by atoms with Gasteiger partial charge in [-0.1, -0.05) is 48.0 Å². The lowest BCUT2D eigenvalue weighted by Crippen LogP contribution is -2.13. The molecule has 0 saturated carbocycles. The lowest BCUT2D eigenvalue weighted by Gasteiger charge is -2.08. The molecule has 0 amide bonds. The molecule has 120 valence electrons. The fraction of sp³-hybridized carbons (Fsp3) is 0.300. The molecule has 0 unspecified atom stereocenters. The van der Waals surface area contributed by atoms with Crippen molar-refractivity contribution in [2.75, 3.05) is 20.6 Å². The highest BCUT2D eigenvalue weighted by atomic mass is 35.5. The molecule has 0 spiro atoms. The molecule has 0 aliphatic rings. The summed E-state index contributed by atoms with van der Waals surface area (Å²) in [6.07, 6.45) is 4.57. The normalized spacial score (nSPS) is 11.5. The number of aromatic nitrogens is 1. The number of nitrogens with zero attached hydrogens (tertiary/aromatic N) is 2. The van der Waals surface area contributed by atoms with Crippen molar-refractivity contribution in [3.63, 3.8) is 0 Å². The topological polar surface area (TPSA) is 8.17 Å². The zero-order valence-electron chi connectivity index (χ0n) is 13.8. The van der Waals surface area contributed by atoms with E-state index in [0.29, 0.717) is 0 Å². The molecule has 0 radical (unpaired) electrons. The Morgan fingerprint density at radius 2 is 1.70 bits per heavy atom. The monoisotopic (exact) mass is 326 g/mol. The molecule has 0 N–H and O–H groups in total. The van der Waals surface area contributed by atoms with Crippen LogP contribution in [0.1, 0.15) is 17.5 Å². The Kier molecular flexibility index (Phi) is 5.04. The molecule has 0 saturated heterocycles. The molecule has 0 atom stereocenters. The summed E-state index contributed by atoms with van der Waals surface area (Å²) in [6, 6.07) is 16.7. The van der Waals surface area contributed by atoms with Crippen LogP contribution >= 0.6 is 11.6 Å². The maximum Gasteiger partial charge on any atom is 0.0491 e. The van der Waals surface area contributed by atoms with E-state index in [1.54, 1.807) is 0 Å². The molecule has 1 heterocycles. The average Bonchev–Trinajstić information content (AvgIpc) is 2.88. The summed E-state index contributed by atoms with van der Waals surface area (Å²) in [5.74, 6) is 0. The van der Waals surface area contributed by atoms with Gasteiger partial charge in [-0.3, -0.25) is 0 Å². The van der Waals surface area contributed by atoms with E-state index in [0.717, 1.165) is 30.1 Å². The maximum atomic E-state index is 6.33. The molecule has 0 aliphatic carbocycles. The van der Waals surface area contributed by atoms with Gasteiger partial charge < -0.3 is 9.47 Å².